The van der Waals surface area contributed by atoms with Crippen LogP contribution in [0.2, 0.25) is 0 Å². The Hall–Kier alpha value is -2.77. The predicted molar refractivity (Wildman–Crippen MR) is 134 cm³/mol. The fourth-order valence-electron chi connectivity index (χ4n) is 4.44. The van der Waals surface area contributed by atoms with E-state index in [1.54, 1.807) is 26.4 Å². The summed E-state index contributed by atoms with van der Waals surface area (Å²) in [6, 6.07) is 16.5. The molecule has 0 amide bonds. The van der Waals surface area contributed by atoms with Crippen molar-refractivity contribution in [3.05, 3.63) is 86.9 Å². The summed E-state index contributed by atoms with van der Waals surface area (Å²) < 4.78 is 22.7. The van der Waals surface area contributed by atoms with Crippen molar-refractivity contribution in [1.82, 2.24) is 4.90 Å². The van der Waals surface area contributed by atoms with E-state index in [2.05, 4.69) is 23.1 Å². The van der Waals surface area contributed by atoms with Crippen molar-refractivity contribution in [1.29, 1.82) is 0 Å². The zero-order chi connectivity index (χ0) is 24.0. The van der Waals surface area contributed by atoms with Crippen LogP contribution < -0.4 is 0 Å². The third kappa shape index (κ3) is 5.31. The van der Waals surface area contributed by atoms with Gasteiger partial charge in [-0.3, -0.25) is 10.1 Å². The highest BCUT2D eigenvalue weighted by molar-refractivity contribution is 7.61. The van der Waals surface area contributed by atoms with Gasteiger partial charge in [0.25, 0.3) is 5.69 Å². The zero-order valence-electron chi connectivity index (χ0n) is 19.6. The number of morpholine rings is 1. The van der Waals surface area contributed by atoms with Crippen LogP contribution in [0.4, 0.5) is 11.4 Å². The summed E-state index contributed by atoms with van der Waals surface area (Å²) in [5.74, 6) is 0. The van der Waals surface area contributed by atoms with E-state index >= 15 is 0 Å². The lowest BCUT2D eigenvalue weighted by atomic mass is 9.95. The molecule has 9 heteroatoms. The number of benzene rings is 2. The maximum atomic E-state index is 11.1. The standard InChI is InChI=1S/C25H30N3O5P/c1-31-34(32-2,26-22-11-13-23(14-12-22)28(29)30)24-10-6-9-21(19-20-7-4-3-5-8-20)25(24)27-15-17-33-18-16-27/h3-5,7-8,11-14,19H,6,9-10,15-18H2,1-2H3/b21-19-. The van der Waals surface area contributed by atoms with Crippen molar-refractivity contribution in [3.8, 4) is 0 Å². The molecule has 0 N–H and O–H groups in total. The summed E-state index contributed by atoms with van der Waals surface area (Å²) in [6.45, 7) is 2.91. The Morgan fingerprint density at radius 2 is 1.71 bits per heavy atom. The van der Waals surface area contributed by atoms with Gasteiger partial charge in [0.15, 0.2) is 0 Å². The fourth-order valence-corrected chi connectivity index (χ4v) is 6.74. The van der Waals surface area contributed by atoms with Crippen molar-refractivity contribution in [3.63, 3.8) is 0 Å². The first-order chi connectivity index (χ1) is 16.6. The Labute approximate surface area is 200 Å². The molecular formula is C25H30N3O5P. The molecule has 1 heterocycles. The van der Waals surface area contributed by atoms with E-state index in [-0.39, 0.29) is 5.69 Å². The molecule has 0 unspecified atom stereocenters. The third-order valence-electron chi connectivity index (χ3n) is 6.05. The minimum absolute atomic E-state index is 0.0247. The number of hydrogen-bond acceptors (Lipinski definition) is 7. The Balaban J connectivity index is 1.88. The molecule has 2 aromatic rings. The summed E-state index contributed by atoms with van der Waals surface area (Å²) in [4.78, 5) is 13.0. The fraction of sp³-hybridized carbons (Fsp3) is 0.360. The molecule has 0 radical (unpaired) electrons. The van der Waals surface area contributed by atoms with E-state index in [4.69, 9.17) is 18.5 Å². The van der Waals surface area contributed by atoms with E-state index in [9.17, 15) is 10.1 Å². The number of hydrogen-bond donors (Lipinski definition) is 0. The quantitative estimate of drug-likeness (QED) is 0.259. The number of non-ortho nitro benzene ring substituents is 1. The van der Waals surface area contributed by atoms with Crippen LogP contribution in [0.3, 0.4) is 0 Å². The molecule has 1 saturated heterocycles. The van der Waals surface area contributed by atoms with E-state index in [0.717, 1.165) is 48.9 Å². The van der Waals surface area contributed by atoms with Crippen molar-refractivity contribution in [2.45, 2.75) is 19.3 Å². The highest BCUT2D eigenvalue weighted by atomic mass is 31.2. The van der Waals surface area contributed by atoms with Gasteiger partial charge >= 0.3 is 0 Å². The van der Waals surface area contributed by atoms with E-state index in [0.29, 0.717) is 18.9 Å². The number of rotatable bonds is 7. The Bertz CT molecular complexity index is 1110. The SMILES string of the molecule is COP(=Nc1ccc([N+](=O)[O-])cc1)(OC)C1=C(N2CCOCC2)/C(=C\c2ccccc2)CCC1. The van der Waals surface area contributed by atoms with Gasteiger partial charge in [0.1, 0.15) is 0 Å². The molecule has 2 aliphatic rings. The minimum atomic E-state index is -2.85. The molecule has 1 aliphatic carbocycles. The molecule has 0 atom stereocenters. The molecule has 0 bridgehead atoms. The lowest BCUT2D eigenvalue weighted by Crippen LogP contribution is -2.37. The average Bonchev–Trinajstić information content (AvgIpc) is 2.89. The largest absolute Gasteiger partial charge is 0.378 e. The first-order valence-corrected chi connectivity index (χ1v) is 12.9. The van der Waals surface area contributed by atoms with Crippen LogP contribution in [0.25, 0.3) is 6.08 Å². The summed E-state index contributed by atoms with van der Waals surface area (Å²) in [6.07, 6.45) is 4.97. The number of nitro groups is 1. The van der Waals surface area contributed by atoms with Gasteiger partial charge in [-0.25, -0.2) is 4.74 Å². The van der Waals surface area contributed by atoms with Crippen LogP contribution in [0.1, 0.15) is 24.8 Å². The highest BCUT2D eigenvalue weighted by Gasteiger charge is 2.35. The van der Waals surface area contributed by atoms with Gasteiger partial charge in [-0.1, -0.05) is 30.3 Å². The van der Waals surface area contributed by atoms with Crippen molar-refractivity contribution in [2.75, 3.05) is 40.5 Å². The Morgan fingerprint density at radius 1 is 1.03 bits per heavy atom. The highest BCUT2D eigenvalue weighted by Crippen LogP contribution is 2.64. The van der Waals surface area contributed by atoms with Crippen molar-refractivity contribution >= 4 is 25.0 Å². The predicted octanol–water partition coefficient (Wildman–Crippen LogP) is 6.36. The monoisotopic (exact) mass is 483 g/mol. The van der Waals surface area contributed by atoms with Gasteiger partial charge < -0.3 is 18.7 Å². The second-order valence-electron chi connectivity index (χ2n) is 8.09. The molecule has 0 aromatic heterocycles. The van der Waals surface area contributed by atoms with Crippen LogP contribution in [-0.2, 0) is 13.8 Å². The Kier molecular flexibility index (Phi) is 7.95. The topological polar surface area (TPSA) is 86.4 Å². The molecule has 1 fully saturated rings. The summed E-state index contributed by atoms with van der Waals surface area (Å²) in [7, 11) is 0.413. The average molecular weight is 484 g/mol. The number of nitrogens with zero attached hydrogens (tertiary/aromatic N) is 3. The molecular weight excluding hydrogens is 453 g/mol. The lowest BCUT2D eigenvalue weighted by Gasteiger charge is -2.38. The van der Waals surface area contributed by atoms with Gasteiger partial charge in [-0.2, -0.15) is 0 Å². The number of nitro benzene ring substituents is 1. The van der Waals surface area contributed by atoms with Gasteiger partial charge in [-0.15, -0.1) is 0 Å². The van der Waals surface area contributed by atoms with Gasteiger partial charge in [-0.05, 0) is 48.6 Å². The molecule has 4 rings (SSSR count). The summed E-state index contributed by atoms with van der Waals surface area (Å²) in [5, 5.41) is 12.1. The Morgan fingerprint density at radius 3 is 2.32 bits per heavy atom. The smallest absolute Gasteiger partial charge is 0.269 e. The van der Waals surface area contributed by atoms with Gasteiger partial charge in [0.05, 0.1) is 23.8 Å². The lowest BCUT2D eigenvalue weighted by molar-refractivity contribution is -0.384. The number of allylic oxidation sites excluding steroid dienone is 2. The van der Waals surface area contributed by atoms with Crippen molar-refractivity contribution in [2.24, 2.45) is 4.74 Å². The van der Waals surface area contributed by atoms with Crippen molar-refractivity contribution < 1.29 is 18.7 Å². The first-order valence-electron chi connectivity index (χ1n) is 11.4. The maximum Gasteiger partial charge on any atom is 0.269 e. The second-order valence-corrected chi connectivity index (χ2v) is 10.6. The van der Waals surface area contributed by atoms with Crippen LogP contribution in [0, 0.1) is 10.1 Å². The maximum absolute atomic E-state index is 11.1. The van der Waals surface area contributed by atoms with Crippen LogP contribution in [0.15, 0.2) is 75.9 Å². The van der Waals surface area contributed by atoms with Gasteiger partial charge in [0, 0.05) is 50.5 Å². The van der Waals surface area contributed by atoms with Crippen LogP contribution in [-0.4, -0.2) is 50.3 Å². The first kappa shape index (κ1) is 24.4. The van der Waals surface area contributed by atoms with Crippen LogP contribution >= 0.6 is 7.51 Å². The molecule has 1 aliphatic heterocycles. The van der Waals surface area contributed by atoms with E-state index in [1.807, 2.05) is 18.2 Å². The molecule has 8 nitrogen and oxygen atoms in total. The molecule has 34 heavy (non-hydrogen) atoms. The summed E-state index contributed by atoms with van der Waals surface area (Å²) >= 11 is 0. The normalized spacial score (nSPS) is 18.3. The molecule has 0 saturated carbocycles. The van der Waals surface area contributed by atoms with Crippen LogP contribution in [0.5, 0.6) is 0 Å². The zero-order valence-corrected chi connectivity index (χ0v) is 20.4. The minimum Gasteiger partial charge on any atom is -0.378 e. The third-order valence-corrected chi connectivity index (χ3v) is 8.65. The molecule has 180 valence electrons. The molecule has 2 aromatic carbocycles. The summed E-state index contributed by atoms with van der Waals surface area (Å²) in [5.41, 5.74) is 4.15. The second kappa shape index (κ2) is 11.1. The van der Waals surface area contributed by atoms with E-state index in [1.165, 1.54) is 17.7 Å². The number of ether oxygens (including phenoxy) is 1. The van der Waals surface area contributed by atoms with E-state index < -0.39 is 12.4 Å². The van der Waals surface area contributed by atoms with Gasteiger partial charge in [0.2, 0.25) is 7.51 Å². The molecule has 0 spiro atoms.